The molecule has 0 saturated heterocycles. The van der Waals surface area contributed by atoms with E-state index in [9.17, 15) is 0 Å². The quantitative estimate of drug-likeness (QED) is 0.895. The van der Waals surface area contributed by atoms with Gasteiger partial charge in [-0.3, -0.25) is 5.10 Å². The first-order valence-corrected chi connectivity index (χ1v) is 7.88. The van der Waals surface area contributed by atoms with Crippen LogP contribution in [0.25, 0.3) is 11.4 Å². The number of nitrogens with one attached hydrogen (secondary N) is 2. The van der Waals surface area contributed by atoms with E-state index >= 15 is 0 Å². The van der Waals surface area contributed by atoms with Gasteiger partial charge >= 0.3 is 0 Å². The third-order valence-electron chi connectivity index (χ3n) is 4.54. The number of nitrogens with zero attached hydrogens (tertiary/aromatic N) is 2. The molecule has 4 nitrogen and oxygen atoms in total. The summed E-state index contributed by atoms with van der Waals surface area (Å²) in [6.45, 7) is 6.64. The van der Waals surface area contributed by atoms with Crippen molar-refractivity contribution >= 4 is 5.69 Å². The van der Waals surface area contributed by atoms with Gasteiger partial charge in [0, 0.05) is 17.3 Å². The number of hydrogen-bond donors (Lipinski definition) is 2. The van der Waals surface area contributed by atoms with Crippen LogP contribution in [0.4, 0.5) is 5.69 Å². The van der Waals surface area contributed by atoms with Crippen LogP contribution in [-0.2, 0) is 0 Å². The summed E-state index contributed by atoms with van der Waals surface area (Å²) in [5.41, 5.74) is 2.22. The highest BCUT2D eigenvalue weighted by atomic mass is 15.2. The Labute approximate surface area is 126 Å². The first kappa shape index (κ1) is 14.1. The molecule has 3 unspecified atom stereocenters. The van der Waals surface area contributed by atoms with Crippen LogP contribution in [0, 0.1) is 18.8 Å². The molecule has 0 bridgehead atoms. The summed E-state index contributed by atoms with van der Waals surface area (Å²) >= 11 is 0. The lowest BCUT2D eigenvalue weighted by molar-refractivity contribution is 0.276. The maximum absolute atomic E-state index is 4.46. The van der Waals surface area contributed by atoms with Gasteiger partial charge in [-0.25, -0.2) is 4.98 Å². The fraction of sp³-hybridized carbons (Fsp3) is 0.529. The number of anilines is 1. The van der Waals surface area contributed by atoms with E-state index < -0.39 is 0 Å². The number of aromatic nitrogens is 3. The zero-order valence-corrected chi connectivity index (χ0v) is 13.1. The van der Waals surface area contributed by atoms with Crippen LogP contribution >= 0.6 is 0 Å². The topological polar surface area (TPSA) is 53.6 Å². The van der Waals surface area contributed by atoms with E-state index in [1.165, 1.54) is 19.3 Å². The molecule has 21 heavy (non-hydrogen) atoms. The van der Waals surface area contributed by atoms with Crippen molar-refractivity contribution in [2.24, 2.45) is 11.8 Å². The highest BCUT2D eigenvalue weighted by molar-refractivity contribution is 5.73. The van der Waals surface area contributed by atoms with Crippen molar-refractivity contribution in [2.45, 2.75) is 46.1 Å². The number of H-pyrrole nitrogens is 1. The predicted molar refractivity (Wildman–Crippen MR) is 86.1 cm³/mol. The molecule has 0 spiro atoms. The molecule has 1 aliphatic rings. The summed E-state index contributed by atoms with van der Waals surface area (Å²) < 4.78 is 0. The maximum Gasteiger partial charge on any atom is 0.183 e. The standard InChI is InChI=1S/C17H24N4/c1-11-8-9-15(12(2)10-11)19-16-7-5-4-6-14(16)17-18-13(3)20-21-17/h4-7,11-12,15,19H,8-10H2,1-3H3,(H,18,20,21). The number of aromatic amines is 1. The highest BCUT2D eigenvalue weighted by Crippen LogP contribution is 2.33. The molecule has 2 N–H and O–H groups in total. The zero-order chi connectivity index (χ0) is 14.8. The Bertz CT molecular complexity index is 604. The second-order valence-corrected chi connectivity index (χ2v) is 6.44. The summed E-state index contributed by atoms with van der Waals surface area (Å²) in [5.74, 6) is 3.17. The molecular formula is C17H24N4. The summed E-state index contributed by atoms with van der Waals surface area (Å²) in [7, 11) is 0. The van der Waals surface area contributed by atoms with E-state index in [0.29, 0.717) is 12.0 Å². The molecule has 3 rings (SSSR count). The molecule has 1 aromatic carbocycles. The lowest BCUT2D eigenvalue weighted by Gasteiger charge is -2.34. The Morgan fingerprint density at radius 2 is 2.00 bits per heavy atom. The van der Waals surface area contributed by atoms with Crippen LogP contribution in [0.15, 0.2) is 24.3 Å². The minimum atomic E-state index is 0.544. The molecule has 1 aliphatic carbocycles. The molecule has 0 radical (unpaired) electrons. The van der Waals surface area contributed by atoms with Crippen molar-refractivity contribution in [3.05, 3.63) is 30.1 Å². The summed E-state index contributed by atoms with van der Waals surface area (Å²) in [6, 6.07) is 8.87. The van der Waals surface area contributed by atoms with Gasteiger partial charge < -0.3 is 5.32 Å². The molecule has 112 valence electrons. The number of para-hydroxylation sites is 1. The van der Waals surface area contributed by atoms with Crippen LogP contribution in [-0.4, -0.2) is 21.2 Å². The van der Waals surface area contributed by atoms with Crippen molar-refractivity contribution in [2.75, 3.05) is 5.32 Å². The van der Waals surface area contributed by atoms with Crippen molar-refractivity contribution in [3.8, 4) is 11.4 Å². The molecule has 1 fully saturated rings. The Hall–Kier alpha value is -1.84. The van der Waals surface area contributed by atoms with E-state index in [0.717, 1.165) is 28.8 Å². The first-order chi connectivity index (χ1) is 10.1. The maximum atomic E-state index is 4.46. The molecular weight excluding hydrogens is 260 g/mol. The summed E-state index contributed by atoms with van der Waals surface area (Å²) in [6.07, 6.45) is 3.85. The third kappa shape index (κ3) is 3.09. The molecule has 1 saturated carbocycles. The number of rotatable bonds is 3. The van der Waals surface area contributed by atoms with Gasteiger partial charge in [0.1, 0.15) is 5.82 Å². The fourth-order valence-corrected chi connectivity index (χ4v) is 3.35. The van der Waals surface area contributed by atoms with Crippen LogP contribution in [0.3, 0.4) is 0 Å². The summed E-state index contributed by atoms with van der Waals surface area (Å²) in [4.78, 5) is 4.46. The van der Waals surface area contributed by atoms with Gasteiger partial charge in [-0.2, -0.15) is 5.10 Å². The average molecular weight is 284 g/mol. The van der Waals surface area contributed by atoms with Crippen LogP contribution in [0.2, 0.25) is 0 Å². The van der Waals surface area contributed by atoms with Crippen LogP contribution in [0.1, 0.15) is 38.9 Å². The monoisotopic (exact) mass is 284 g/mol. The van der Waals surface area contributed by atoms with Crippen molar-refractivity contribution < 1.29 is 0 Å². The van der Waals surface area contributed by atoms with Gasteiger partial charge in [-0.1, -0.05) is 26.0 Å². The molecule has 0 amide bonds. The Balaban J connectivity index is 1.83. The average Bonchev–Trinajstić information content (AvgIpc) is 2.89. The van der Waals surface area contributed by atoms with Crippen molar-refractivity contribution in [1.82, 2.24) is 15.2 Å². The van der Waals surface area contributed by atoms with Crippen molar-refractivity contribution in [1.29, 1.82) is 0 Å². The van der Waals surface area contributed by atoms with Gasteiger partial charge in [-0.15, -0.1) is 0 Å². The smallest absolute Gasteiger partial charge is 0.183 e. The lowest BCUT2D eigenvalue weighted by atomic mass is 9.79. The summed E-state index contributed by atoms with van der Waals surface area (Å²) in [5, 5.41) is 11.0. The van der Waals surface area contributed by atoms with E-state index in [1.807, 2.05) is 13.0 Å². The largest absolute Gasteiger partial charge is 0.381 e. The molecule has 2 aromatic rings. The molecule has 3 atom stereocenters. The van der Waals surface area contributed by atoms with Gasteiger partial charge in [0.25, 0.3) is 0 Å². The number of benzene rings is 1. The van der Waals surface area contributed by atoms with E-state index in [-0.39, 0.29) is 0 Å². The third-order valence-corrected chi connectivity index (χ3v) is 4.54. The van der Waals surface area contributed by atoms with Gasteiger partial charge in [-0.05, 0) is 50.2 Å². The SMILES string of the molecule is Cc1nc(-c2ccccc2NC2CCC(C)CC2C)n[nH]1. The first-order valence-electron chi connectivity index (χ1n) is 7.88. The van der Waals surface area contributed by atoms with E-state index in [2.05, 4.69) is 52.5 Å². The Morgan fingerprint density at radius 3 is 2.71 bits per heavy atom. The van der Waals surface area contributed by atoms with Crippen LogP contribution in [0.5, 0.6) is 0 Å². The van der Waals surface area contributed by atoms with E-state index in [1.54, 1.807) is 0 Å². The van der Waals surface area contributed by atoms with Gasteiger partial charge in [0.2, 0.25) is 0 Å². The Kier molecular flexibility index (Phi) is 3.95. The number of aryl methyl sites for hydroxylation is 1. The second kappa shape index (κ2) is 5.88. The predicted octanol–water partition coefficient (Wildman–Crippen LogP) is 4.02. The molecule has 1 heterocycles. The highest BCUT2D eigenvalue weighted by Gasteiger charge is 2.25. The minimum Gasteiger partial charge on any atom is -0.381 e. The second-order valence-electron chi connectivity index (χ2n) is 6.44. The van der Waals surface area contributed by atoms with Crippen molar-refractivity contribution in [3.63, 3.8) is 0 Å². The minimum absolute atomic E-state index is 0.544. The fourth-order valence-electron chi connectivity index (χ4n) is 3.35. The van der Waals surface area contributed by atoms with Gasteiger partial charge in [0.05, 0.1) is 0 Å². The molecule has 4 heteroatoms. The Morgan fingerprint density at radius 1 is 1.19 bits per heavy atom. The zero-order valence-electron chi connectivity index (χ0n) is 13.1. The normalized spacial score (nSPS) is 25.8. The lowest BCUT2D eigenvalue weighted by Crippen LogP contribution is -2.33. The molecule has 0 aliphatic heterocycles. The van der Waals surface area contributed by atoms with Crippen LogP contribution < -0.4 is 5.32 Å². The number of hydrogen-bond acceptors (Lipinski definition) is 3. The van der Waals surface area contributed by atoms with Gasteiger partial charge in [0.15, 0.2) is 5.82 Å². The van der Waals surface area contributed by atoms with E-state index in [4.69, 9.17) is 0 Å². The molecule has 1 aromatic heterocycles.